The van der Waals surface area contributed by atoms with Crippen molar-refractivity contribution in [3.63, 3.8) is 0 Å². The standard InChI is InChI=1S/C23H19N5O2/c24-18-13-25-11-9-16(18)22(29)27-21-23(30)28-12-10-15-7-4-8-17(20(15)28)19(26-21)14-5-2-1-3-6-14/h1-9,11,13,21H,10,12,24H2,(H,27,29)/t21-/m0/s1. The predicted octanol–water partition coefficient (Wildman–Crippen LogP) is 2.16. The molecule has 0 fully saturated rings. The van der Waals surface area contributed by atoms with Crippen LogP contribution in [-0.4, -0.2) is 35.2 Å². The van der Waals surface area contributed by atoms with Crippen molar-refractivity contribution in [2.75, 3.05) is 17.2 Å². The van der Waals surface area contributed by atoms with Crippen LogP contribution in [0.2, 0.25) is 0 Å². The van der Waals surface area contributed by atoms with Crippen molar-refractivity contribution in [2.24, 2.45) is 4.99 Å². The third kappa shape index (κ3) is 2.91. The van der Waals surface area contributed by atoms with Crippen LogP contribution in [0, 0.1) is 0 Å². The van der Waals surface area contributed by atoms with Gasteiger partial charge in [-0.25, -0.2) is 4.99 Å². The monoisotopic (exact) mass is 397 g/mol. The summed E-state index contributed by atoms with van der Waals surface area (Å²) in [5.74, 6) is -0.720. The molecular weight excluding hydrogens is 378 g/mol. The fourth-order valence-electron chi connectivity index (χ4n) is 4.00. The number of hydrogen-bond acceptors (Lipinski definition) is 5. The fourth-order valence-corrected chi connectivity index (χ4v) is 4.00. The molecule has 0 unspecified atom stereocenters. The zero-order chi connectivity index (χ0) is 20.7. The first-order valence-corrected chi connectivity index (χ1v) is 9.70. The van der Waals surface area contributed by atoms with E-state index in [1.54, 1.807) is 4.90 Å². The Labute approximate surface area is 173 Å². The number of nitrogens with zero attached hydrogens (tertiary/aromatic N) is 3. The van der Waals surface area contributed by atoms with E-state index in [0.717, 1.165) is 28.8 Å². The number of aromatic nitrogens is 1. The van der Waals surface area contributed by atoms with Crippen molar-refractivity contribution in [1.29, 1.82) is 0 Å². The number of rotatable bonds is 3. The second-order valence-corrected chi connectivity index (χ2v) is 7.24. The van der Waals surface area contributed by atoms with Gasteiger partial charge in [-0.1, -0.05) is 48.5 Å². The van der Waals surface area contributed by atoms with Crippen LogP contribution in [0.5, 0.6) is 0 Å². The normalized spacial score (nSPS) is 17.2. The van der Waals surface area contributed by atoms with Crippen LogP contribution in [0.3, 0.4) is 0 Å². The van der Waals surface area contributed by atoms with E-state index >= 15 is 0 Å². The predicted molar refractivity (Wildman–Crippen MR) is 114 cm³/mol. The molecule has 2 amide bonds. The van der Waals surface area contributed by atoms with Gasteiger partial charge < -0.3 is 16.0 Å². The third-order valence-electron chi connectivity index (χ3n) is 5.42. The molecule has 0 bridgehead atoms. The molecule has 2 aromatic carbocycles. The molecule has 2 aliphatic heterocycles. The topological polar surface area (TPSA) is 101 Å². The number of aliphatic imine (C=N–C) groups is 1. The lowest BCUT2D eigenvalue weighted by atomic mass is 9.98. The smallest absolute Gasteiger partial charge is 0.272 e. The van der Waals surface area contributed by atoms with Crippen LogP contribution in [0.4, 0.5) is 11.4 Å². The van der Waals surface area contributed by atoms with Gasteiger partial charge in [0.1, 0.15) is 0 Å². The molecule has 1 atom stereocenters. The molecule has 0 radical (unpaired) electrons. The van der Waals surface area contributed by atoms with Crippen molar-refractivity contribution in [1.82, 2.24) is 10.3 Å². The highest BCUT2D eigenvalue weighted by Gasteiger charge is 2.37. The zero-order valence-corrected chi connectivity index (χ0v) is 16.1. The summed E-state index contributed by atoms with van der Waals surface area (Å²) in [6.07, 6.45) is 2.61. The second kappa shape index (κ2) is 7.11. The minimum Gasteiger partial charge on any atom is -0.397 e. The highest BCUT2D eigenvalue weighted by Crippen LogP contribution is 2.36. The van der Waals surface area contributed by atoms with Gasteiger partial charge in [0.05, 0.1) is 28.8 Å². The van der Waals surface area contributed by atoms with E-state index in [9.17, 15) is 9.59 Å². The van der Waals surface area contributed by atoms with Gasteiger partial charge in [0.15, 0.2) is 0 Å². The molecule has 5 rings (SSSR count). The minimum absolute atomic E-state index is 0.245. The number of benzene rings is 2. The van der Waals surface area contributed by atoms with Crippen molar-refractivity contribution in [3.05, 3.63) is 89.2 Å². The van der Waals surface area contributed by atoms with Gasteiger partial charge >= 0.3 is 0 Å². The Balaban J connectivity index is 1.61. The summed E-state index contributed by atoms with van der Waals surface area (Å²) in [5.41, 5.74) is 10.8. The highest BCUT2D eigenvalue weighted by atomic mass is 16.2. The first-order chi connectivity index (χ1) is 14.6. The number of carbonyl (C=O) groups is 2. The number of anilines is 2. The Hall–Kier alpha value is -4.00. The lowest BCUT2D eigenvalue weighted by Gasteiger charge is -2.21. The molecule has 3 N–H and O–H groups in total. The first-order valence-electron chi connectivity index (χ1n) is 9.70. The van der Waals surface area contributed by atoms with Gasteiger partial charge in [-0.05, 0) is 18.1 Å². The number of carbonyl (C=O) groups excluding carboxylic acids is 2. The quantitative estimate of drug-likeness (QED) is 0.707. The molecule has 3 heterocycles. The Morgan fingerprint density at radius 1 is 1.10 bits per heavy atom. The zero-order valence-electron chi connectivity index (χ0n) is 16.1. The third-order valence-corrected chi connectivity index (χ3v) is 5.42. The van der Waals surface area contributed by atoms with Gasteiger partial charge in [0, 0.05) is 23.9 Å². The molecule has 148 valence electrons. The Bertz CT molecular complexity index is 1190. The van der Waals surface area contributed by atoms with Gasteiger partial charge in [-0.3, -0.25) is 14.6 Å². The molecule has 2 aliphatic rings. The SMILES string of the molecule is Nc1cnccc1C(=O)N[C@@H]1N=C(c2ccccc2)c2cccc3c2N(CC3)C1=O. The summed E-state index contributed by atoms with van der Waals surface area (Å²) in [5, 5.41) is 2.76. The van der Waals surface area contributed by atoms with Gasteiger partial charge in [-0.15, -0.1) is 0 Å². The highest BCUT2D eigenvalue weighted by molar-refractivity contribution is 6.21. The largest absolute Gasteiger partial charge is 0.397 e. The van der Waals surface area contributed by atoms with Crippen LogP contribution in [0.15, 0.2) is 72.0 Å². The number of pyridine rings is 1. The van der Waals surface area contributed by atoms with Gasteiger partial charge in [0.2, 0.25) is 6.17 Å². The van der Waals surface area contributed by atoms with E-state index in [-0.39, 0.29) is 17.2 Å². The summed E-state index contributed by atoms with van der Waals surface area (Å²) >= 11 is 0. The number of amides is 2. The summed E-state index contributed by atoms with van der Waals surface area (Å²) in [6.45, 7) is 0.562. The first kappa shape index (κ1) is 18.1. The van der Waals surface area contributed by atoms with Crippen molar-refractivity contribution in [2.45, 2.75) is 12.6 Å². The van der Waals surface area contributed by atoms with Crippen molar-refractivity contribution >= 4 is 28.9 Å². The molecule has 7 nitrogen and oxygen atoms in total. The molecule has 0 spiro atoms. The average Bonchev–Trinajstić information content (AvgIpc) is 3.16. The summed E-state index contributed by atoms with van der Waals surface area (Å²) in [6, 6.07) is 17.2. The summed E-state index contributed by atoms with van der Waals surface area (Å²) < 4.78 is 0. The lowest BCUT2D eigenvalue weighted by Crippen LogP contribution is -2.47. The fraction of sp³-hybridized carbons (Fsp3) is 0.130. The van der Waals surface area contributed by atoms with Crippen molar-refractivity contribution < 1.29 is 9.59 Å². The van der Waals surface area contributed by atoms with Crippen LogP contribution in [0.25, 0.3) is 0 Å². The average molecular weight is 397 g/mol. The maximum absolute atomic E-state index is 13.4. The van der Waals surface area contributed by atoms with Crippen LogP contribution in [-0.2, 0) is 11.2 Å². The van der Waals surface area contributed by atoms with E-state index < -0.39 is 12.1 Å². The molecule has 30 heavy (non-hydrogen) atoms. The minimum atomic E-state index is -1.06. The van der Waals surface area contributed by atoms with Crippen LogP contribution >= 0.6 is 0 Å². The van der Waals surface area contributed by atoms with Crippen LogP contribution in [0.1, 0.15) is 27.0 Å². The Morgan fingerprint density at radius 2 is 1.93 bits per heavy atom. The molecule has 0 aliphatic carbocycles. The maximum atomic E-state index is 13.4. The van der Waals surface area contributed by atoms with E-state index in [4.69, 9.17) is 10.7 Å². The number of nitrogens with one attached hydrogen (secondary N) is 1. The molecule has 0 saturated heterocycles. The summed E-state index contributed by atoms with van der Waals surface area (Å²) in [7, 11) is 0. The molecular formula is C23H19N5O2. The van der Waals surface area contributed by atoms with Crippen LogP contribution < -0.4 is 16.0 Å². The van der Waals surface area contributed by atoms with E-state index in [2.05, 4.69) is 10.3 Å². The van der Waals surface area contributed by atoms with E-state index in [0.29, 0.717) is 12.3 Å². The number of nitrogens with two attached hydrogens (primary N) is 1. The molecule has 0 saturated carbocycles. The Morgan fingerprint density at radius 3 is 2.73 bits per heavy atom. The second-order valence-electron chi connectivity index (χ2n) is 7.24. The lowest BCUT2D eigenvalue weighted by molar-refractivity contribution is -0.120. The van der Waals surface area contributed by atoms with E-state index in [1.165, 1.54) is 18.5 Å². The van der Waals surface area contributed by atoms with Crippen molar-refractivity contribution in [3.8, 4) is 0 Å². The van der Waals surface area contributed by atoms with Gasteiger partial charge in [-0.2, -0.15) is 0 Å². The maximum Gasteiger partial charge on any atom is 0.272 e. The summed E-state index contributed by atoms with van der Waals surface area (Å²) in [4.78, 5) is 36.6. The molecule has 7 heteroatoms. The number of hydrogen-bond donors (Lipinski definition) is 2. The Kier molecular flexibility index (Phi) is 4.28. The van der Waals surface area contributed by atoms with E-state index in [1.807, 2.05) is 48.5 Å². The molecule has 1 aromatic heterocycles. The number of nitrogen functional groups attached to an aromatic ring is 1. The number of para-hydroxylation sites is 1. The molecule has 3 aromatic rings. The van der Waals surface area contributed by atoms with Gasteiger partial charge in [0.25, 0.3) is 11.8 Å².